The molecule has 1 rings (SSSR count). The Morgan fingerprint density at radius 3 is 1.71 bits per heavy atom. The minimum absolute atomic E-state index is 0.318. The molecule has 1 saturated heterocycles. The first-order chi connectivity index (χ1) is 5.99. The summed E-state index contributed by atoms with van der Waals surface area (Å²) in [6, 6.07) is 0. The van der Waals surface area contributed by atoms with Crippen molar-refractivity contribution in [3.63, 3.8) is 0 Å². The minimum atomic E-state index is -1.15. The van der Waals surface area contributed by atoms with Crippen LogP contribution in [-0.2, 0) is 0 Å². The number of rotatable bonds is 0. The molecule has 0 aromatic carbocycles. The summed E-state index contributed by atoms with van der Waals surface area (Å²) in [7, 11) is 29.6. The van der Waals surface area contributed by atoms with Crippen molar-refractivity contribution in [1.29, 1.82) is 0 Å². The van der Waals surface area contributed by atoms with Crippen LogP contribution in [0.25, 0.3) is 0 Å². The fraction of sp³-hybridized carbons (Fsp3) is 1.00. The number of nitrogens with zero attached hydrogens (tertiary/aromatic N) is 1. The molecule has 1 fully saturated rings. The molecule has 0 aromatic rings. The quantitative estimate of drug-likeness (QED) is 0.447. The zero-order valence-corrected chi connectivity index (χ0v) is 9.12. The van der Waals surface area contributed by atoms with Crippen LogP contribution in [-0.4, -0.2) is 60.3 Å². The maximum absolute atomic E-state index is 5.95. The van der Waals surface area contributed by atoms with Crippen LogP contribution in [0.1, 0.15) is 27.2 Å². The second-order valence-electron chi connectivity index (χ2n) is 5.20. The zero-order chi connectivity index (χ0) is 11.4. The molecule has 10 radical (unpaired) electrons. The summed E-state index contributed by atoms with van der Waals surface area (Å²) in [5.41, 5.74) is -0.318. The van der Waals surface area contributed by atoms with Crippen LogP contribution in [0.4, 0.5) is 0 Å². The Morgan fingerprint density at radius 1 is 1.14 bits per heavy atom. The highest BCUT2D eigenvalue weighted by Crippen LogP contribution is 2.45. The normalized spacial score (nSPS) is 31.8. The molecule has 0 amide bonds. The van der Waals surface area contributed by atoms with E-state index in [1.807, 2.05) is 20.8 Å². The minimum Gasteiger partial charge on any atom is -0.321 e. The Balaban J connectivity index is 3.12. The first-order valence-electron chi connectivity index (χ1n) is 4.71. The first-order valence-corrected chi connectivity index (χ1v) is 4.71. The van der Waals surface area contributed by atoms with Gasteiger partial charge in [-0.05, 0) is 20.8 Å². The van der Waals surface area contributed by atoms with Gasteiger partial charge in [-0.15, -0.1) is 0 Å². The van der Waals surface area contributed by atoms with Crippen LogP contribution >= 0.6 is 0 Å². The predicted molar refractivity (Wildman–Crippen MR) is 64.2 cm³/mol. The highest BCUT2D eigenvalue weighted by molar-refractivity contribution is 6.48. The maximum Gasteiger partial charge on any atom is 0.0823 e. The van der Waals surface area contributed by atoms with Gasteiger partial charge < -0.3 is 4.90 Å². The van der Waals surface area contributed by atoms with E-state index in [4.69, 9.17) is 39.2 Å². The summed E-state index contributed by atoms with van der Waals surface area (Å²) in [6.07, 6.45) is 0.386. The molecule has 64 valence electrons. The van der Waals surface area contributed by atoms with Gasteiger partial charge >= 0.3 is 0 Å². The topological polar surface area (TPSA) is 3.24 Å². The van der Waals surface area contributed by atoms with Crippen LogP contribution in [0.5, 0.6) is 0 Å². The van der Waals surface area contributed by atoms with E-state index >= 15 is 0 Å². The molecule has 0 aliphatic carbocycles. The lowest BCUT2D eigenvalue weighted by atomic mass is 9.49. The first kappa shape index (κ1) is 12.4. The molecular formula is C8H12B5N. The Labute approximate surface area is 93.8 Å². The van der Waals surface area contributed by atoms with E-state index in [2.05, 4.69) is 0 Å². The third-order valence-electron chi connectivity index (χ3n) is 2.62. The lowest BCUT2D eigenvalue weighted by Gasteiger charge is -2.52. The van der Waals surface area contributed by atoms with E-state index in [0.717, 1.165) is 0 Å². The number of likely N-dealkylation sites (tertiary alicyclic amines) is 1. The van der Waals surface area contributed by atoms with E-state index in [9.17, 15) is 0 Å². The molecule has 6 heteroatoms. The Bertz CT molecular complexity index is 232. The summed E-state index contributed by atoms with van der Waals surface area (Å²) >= 11 is 0. The van der Waals surface area contributed by atoms with Gasteiger partial charge in [0.25, 0.3) is 0 Å². The average Bonchev–Trinajstić information content (AvgIpc) is 1.93. The zero-order valence-electron chi connectivity index (χ0n) is 9.12. The fourth-order valence-electron chi connectivity index (χ4n) is 2.34. The monoisotopic (exact) mass is 177 g/mol. The summed E-state index contributed by atoms with van der Waals surface area (Å²) in [5.74, 6) is -0.420. The third kappa shape index (κ3) is 1.82. The van der Waals surface area contributed by atoms with Crippen molar-refractivity contribution in [3.8, 4) is 0 Å². The molecule has 1 unspecified atom stereocenters. The van der Waals surface area contributed by atoms with Gasteiger partial charge in [-0.3, -0.25) is 0 Å². The molecule has 1 nitrogen and oxygen atoms in total. The van der Waals surface area contributed by atoms with Gasteiger partial charge in [0, 0.05) is 5.54 Å². The molecule has 1 aliphatic heterocycles. The van der Waals surface area contributed by atoms with Crippen molar-refractivity contribution >= 4 is 39.2 Å². The van der Waals surface area contributed by atoms with E-state index in [1.165, 1.54) is 0 Å². The van der Waals surface area contributed by atoms with Gasteiger partial charge in [0.2, 0.25) is 0 Å². The standard InChI is InChI=1S/C8H12B5N/c1-6(2,3)14-7(10,11)4-5(9)8(14,12)13/h5H,4H2,1-3H3. The smallest absolute Gasteiger partial charge is 0.0823 e. The molecule has 1 aliphatic rings. The number of hydrogen-bond donors (Lipinski definition) is 0. The highest BCUT2D eigenvalue weighted by Gasteiger charge is 2.50. The largest absolute Gasteiger partial charge is 0.321 e. The second-order valence-corrected chi connectivity index (χ2v) is 5.20. The van der Waals surface area contributed by atoms with Crippen molar-refractivity contribution in [1.82, 2.24) is 4.90 Å². The summed E-state index contributed by atoms with van der Waals surface area (Å²) in [4.78, 5) is 1.68. The molecule has 0 spiro atoms. The third-order valence-corrected chi connectivity index (χ3v) is 2.62. The van der Waals surface area contributed by atoms with Crippen molar-refractivity contribution < 1.29 is 0 Å². The fourth-order valence-corrected chi connectivity index (χ4v) is 2.34. The van der Waals surface area contributed by atoms with Gasteiger partial charge in [-0.25, -0.2) is 0 Å². The van der Waals surface area contributed by atoms with Gasteiger partial charge in [-0.1, -0.05) is 22.9 Å². The molecule has 0 saturated carbocycles. The molecule has 1 atom stereocenters. The molecule has 14 heavy (non-hydrogen) atoms. The van der Waals surface area contributed by atoms with Crippen molar-refractivity contribution in [2.45, 2.75) is 49.2 Å². The Kier molecular flexibility index (Phi) is 2.77. The molecule has 0 N–H and O–H groups in total. The lowest BCUT2D eigenvalue weighted by Crippen LogP contribution is -2.64. The second kappa shape index (κ2) is 3.14. The lowest BCUT2D eigenvalue weighted by molar-refractivity contribution is 0.105. The van der Waals surface area contributed by atoms with Crippen molar-refractivity contribution in [3.05, 3.63) is 0 Å². The summed E-state index contributed by atoms with van der Waals surface area (Å²) in [5, 5.41) is -2.19. The molecule has 0 aromatic heterocycles. The van der Waals surface area contributed by atoms with Crippen LogP contribution in [0.15, 0.2) is 0 Å². The van der Waals surface area contributed by atoms with Crippen LogP contribution < -0.4 is 0 Å². The van der Waals surface area contributed by atoms with Crippen molar-refractivity contribution in [2.75, 3.05) is 0 Å². The Hall–Kier alpha value is 0.285. The highest BCUT2D eigenvalue weighted by atomic mass is 15.3. The van der Waals surface area contributed by atoms with Gasteiger partial charge in [0.05, 0.1) is 39.2 Å². The number of hydrogen-bond acceptors (Lipinski definition) is 1. The molecular weight excluding hydrogens is 164 g/mol. The van der Waals surface area contributed by atoms with Crippen molar-refractivity contribution in [2.24, 2.45) is 0 Å². The Morgan fingerprint density at radius 2 is 1.57 bits per heavy atom. The van der Waals surface area contributed by atoms with Crippen LogP contribution in [0.2, 0.25) is 5.82 Å². The van der Waals surface area contributed by atoms with Gasteiger partial charge in [0.15, 0.2) is 0 Å². The summed E-state index contributed by atoms with van der Waals surface area (Å²) in [6.45, 7) is 5.86. The molecule has 0 bridgehead atoms. The van der Waals surface area contributed by atoms with E-state index in [1.54, 1.807) is 4.90 Å². The SMILES string of the molecule is [B]C1CC([B])([B])N(C(C)(C)C)C1([B])[B]. The van der Waals surface area contributed by atoms with Gasteiger partial charge in [-0.2, -0.15) is 0 Å². The van der Waals surface area contributed by atoms with E-state index < -0.39 is 16.5 Å². The average molecular weight is 176 g/mol. The van der Waals surface area contributed by atoms with E-state index in [0.29, 0.717) is 6.42 Å². The van der Waals surface area contributed by atoms with Crippen LogP contribution in [0, 0.1) is 0 Å². The summed E-state index contributed by atoms with van der Waals surface area (Å²) < 4.78 is 0. The molecule has 1 heterocycles. The maximum atomic E-state index is 5.95. The van der Waals surface area contributed by atoms with Gasteiger partial charge in [0.1, 0.15) is 0 Å². The van der Waals surface area contributed by atoms with Crippen LogP contribution in [0.3, 0.4) is 0 Å². The van der Waals surface area contributed by atoms with E-state index in [-0.39, 0.29) is 5.54 Å². The predicted octanol–water partition coefficient (Wildman–Crippen LogP) is -0.571.